The number of carbonyl (C=O) groups excluding carboxylic acids is 8. The van der Waals surface area contributed by atoms with Gasteiger partial charge in [0.1, 0.15) is 35.9 Å². The van der Waals surface area contributed by atoms with E-state index < -0.39 is 94.7 Å². The lowest BCUT2D eigenvalue weighted by Gasteiger charge is -2.39. The van der Waals surface area contributed by atoms with E-state index >= 15 is 0 Å². The molecule has 9 atom stereocenters. The maximum Gasteiger partial charge on any atom is 0.289 e. The van der Waals surface area contributed by atoms with Gasteiger partial charge in [0.15, 0.2) is 23.4 Å². The molecule has 0 aliphatic carbocycles. The largest absolute Gasteiger partial charge is 0.508 e. The number of aromatic hydroxyl groups is 1. The quantitative estimate of drug-likeness (QED) is 0.0181. The molecule has 9 unspecified atom stereocenters. The third-order valence-electron chi connectivity index (χ3n) is 11.9. The second-order valence-electron chi connectivity index (χ2n) is 17.6. The minimum Gasteiger partial charge on any atom is -0.508 e. The Balaban J connectivity index is 1.44. The van der Waals surface area contributed by atoms with Crippen molar-refractivity contribution in [1.82, 2.24) is 30.8 Å². The number of hydrogen-bond donors (Lipinski definition) is 9. The maximum atomic E-state index is 13.9. The number of hydrogen-bond acceptors (Lipinski definition) is 15. The molecule has 3 heterocycles. The van der Waals surface area contributed by atoms with Gasteiger partial charge < -0.3 is 57.6 Å². The topological polar surface area (TPSA) is 336 Å². The van der Waals surface area contributed by atoms with Crippen LogP contribution in [0.2, 0.25) is 0 Å². The normalized spacial score (nSPS) is 19.1. The molecule has 67 heavy (non-hydrogen) atoms. The minimum atomic E-state index is -2.36. The summed E-state index contributed by atoms with van der Waals surface area (Å²) in [5, 5.41) is 29.5. The molecule has 0 fully saturated rings. The van der Waals surface area contributed by atoms with Gasteiger partial charge in [0.2, 0.25) is 29.4 Å². The van der Waals surface area contributed by atoms with Gasteiger partial charge in [0.05, 0.1) is 24.0 Å². The standard InChI is InChI=1S/C47H65N9O11/c1-7-10-33(48)42(63)47(24-57)32(40(61)39(60)26(5)8-2)16-18-56(47)46(66)34(49)11-9-17-51-43(64)37(20-28-22-52-36-14-13-30(58)21-31(28)36)55-38(59)15-12-29-23-67-45(54-29)27(6)53-44(65)41(62)35(50)19-25(3)4/h12-16,18,21-27,32-35,37,39,52,58,60H,7-11,17,19-20,48-50H2,1-6H3,(H,51,64)(H,53,65)(H,55,59). The molecule has 0 saturated carbocycles. The lowest BCUT2D eigenvalue weighted by atomic mass is 9.74. The number of phenolic OH excluding ortho intramolecular Hbond substituents is 1. The Bertz CT molecular complexity index is 2340. The maximum absolute atomic E-state index is 13.9. The molecule has 12 N–H and O–H groups in total. The smallest absolute Gasteiger partial charge is 0.289 e. The molecular weight excluding hydrogens is 867 g/mol. The van der Waals surface area contributed by atoms with Crippen molar-refractivity contribution in [3.8, 4) is 5.75 Å². The van der Waals surface area contributed by atoms with Gasteiger partial charge >= 0.3 is 0 Å². The predicted molar refractivity (Wildman–Crippen MR) is 247 cm³/mol. The van der Waals surface area contributed by atoms with E-state index in [1.807, 2.05) is 13.8 Å². The first-order valence-corrected chi connectivity index (χ1v) is 22.6. The van der Waals surface area contributed by atoms with Crippen LogP contribution in [0.3, 0.4) is 0 Å². The van der Waals surface area contributed by atoms with Gasteiger partial charge in [0.25, 0.3) is 5.91 Å². The highest BCUT2D eigenvalue weighted by atomic mass is 16.3. The van der Waals surface area contributed by atoms with Crippen LogP contribution < -0.4 is 33.2 Å². The average Bonchev–Trinajstić information content (AvgIpc) is 4.05. The number of aromatic amines is 1. The summed E-state index contributed by atoms with van der Waals surface area (Å²) in [6, 6.07) is -0.772. The molecular formula is C47H65N9O11. The van der Waals surface area contributed by atoms with E-state index in [1.54, 1.807) is 40.0 Å². The molecule has 1 aliphatic heterocycles. The van der Waals surface area contributed by atoms with Crippen molar-refractivity contribution >= 4 is 64.2 Å². The number of ketones is 3. The van der Waals surface area contributed by atoms with Crippen LogP contribution in [-0.4, -0.2) is 115 Å². The van der Waals surface area contributed by atoms with Crippen molar-refractivity contribution in [3.63, 3.8) is 0 Å². The number of benzene rings is 1. The molecule has 20 heteroatoms. The van der Waals surface area contributed by atoms with Crippen LogP contribution in [0.1, 0.15) is 103 Å². The molecule has 4 rings (SSSR count). The highest BCUT2D eigenvalue weighted by Gasteiger charge is 2.59. The molecule has 2 aromatic heterocycles. The van der Waals surface area contributed by atoms with Gasteiger partial charge in [-0.05, 0) is 74.3 Å². The number of aromatic nitrogens is 2. The summed E-state index contributed by atoms with van der Waals surface area (Å²) >= 11 is 0. The van der Waals surface area contributed by atoms with Crippen molar-refractivity contribution in [2.24, 2.45) is 35.0 Å². The van der Waals surface area contributed by atoms with Gasteiger partial charge in [0, 0.05) is 42.3 Å². The summed E-state index contributed by atoms with van der Waals surface area (Å²) in [5.41, 5.74) is 17.5. The minimum absolute atomic E-state index is 0.0110. The number of aliphatic hydroxyl groups is 1. The Morgan fingerprint density at radius 1 is 1.00 bits per heavy atom. The molecule has 20 nitrogen and oxygen atoms in total. The number of amides is 4. The second-order valence-corrected chi connectivity index (χ2v) is 17.6. The fourth-order valence-corrected chi connectivity index (χ4v) is 7.84. The highest BCUT2D eigenvalue weighted by Crippen LogP contribution is 2.37. The van der Waals surface area contributed by atoms with Crippen LogP contribution in [-0.2, 0) is 44.8 Å². The van der Waals surface area contributed by atoms with Crippen LogP contribution >= 0.6 is 0 Å². The van der Waals surface area contributed by atoms with E-state index in [2.05, 4.69) is 25.9 Å². The Kier molecular flexibility index (Phi) is 19.0. The van der Waals surface area contributed by atoms with Crippen LogP contribution in [0.4, 0.5) is 0 Å². The molecule has 1 aliphatic rings. The second kappa shape index (κ2) is 23.9. The van der Waals surface area contributed by atoms with Gasteiger partial charge in [-0.25, -0.2) is 4.98 Å². The third-order valence-corrected chi connectivity index (χ3v) is 11.9. The van der Waals surface area contributed by atoms with Crippen molar-refractivity contribution < 1.29 is 53.0 Å². The Morgan fingerprint density at radius 3 is 2.37 bits per heavy atom. The summed E-state index contributed by atoms with van der Waals surface area (Å²) in [7, 11) is 0. The number of aldehydes is 1. The summed E-state index contributed by atoms with van der Waals surface area (Å²) < 4.78 is 5.47. The zero-order chi connectivity index (χ0) is 49.7. The zero-order valence-electron chi connectivity index (χ0n) is 38.8. The van der Waals surface area contributed by atoms with Gasteiger partial charge in [-0.1, -0.05) is 53.5 Å². The van der Waals surface area contributed by atoms with Crippen molar-refractivity contribution in [2.45, 2.75) is 128 Å². The third kappa shape index (κ3) is 13.0. The molecule has 0 spiro atoms. The Labute approximate surface area is 388 Å². The molecule has 1 aromatic carbocycles. The Morgan fingerprint density at radius 2 is 1.72 bits per heavy atom. The number of fused-ring (bicyclic) bond motifs is 1. The van der Waals surface area contributed by atoms with Gasteiger partial charge in [-0.3, -0.25) is 38.5 Å². The van der Waals surface area contributed by atoms with Crippen LogP contribution in [0.15, 0.2) is 53.4 Å². The van der Waals surface area contributed by atoms with E-state index in [1.165, 1.54) is 30.5 Å². The highest BCUT2D eigenvalue weighted by molar-refractivity contribution is 6.38. The van der Waals surface area contributed by atoms with Gasteiger partial charge in [-0.2, -0.15) is 0 Å². The summed E-state index contributed by atoms with van der Waals surface area (Å²) in [6.45, 7) is 10.5. The summed E-state index contributed by atoms with van der Waals surface area (Å²) in [6.07, 6.45) is 7.89. The molecule has 0 bridgehead atoms. The summed E-state index contributed by atoms with van der Waals surface area (Å²) in [4.78, 5) is 115. The molecule has 3 aromatic rings. The predicted octanol–water partition coefficient (Wildman–Crippen LogP) is 1.53. The number of phenols is 1. The van der Waals surface area contributed by atoms with Crippen molar-refractivity contribution in [3.05, 3.63) is 66.2 Å². The fourth-order valence-electron chi connectivity index (χ4n) is 7.84. The number of H-pyrrole nitrogens is 1. The number of oxazole rings is 1. The van der Waals surface area contributed by atoms with E-state index in [4.69, 9.17) is 21.6 Å². The van der Waals surface area contributed by atoms with Crippen molar-refractivity contribution in [2.75, 3.05) is 6.54 Å². The first-order valence-electron chi connectivity index (χ1n) is 22.6. The van der Waals surface area contributed by atoms with E-state index in [9.17, 15) is 48.6 Å². The molecule has 364 valence electrons. The van der Waals surface area contributed by atoms with E-state index in [0.717, 1.165) is 17.2 Å². The first-order chi connectivity index (χ1) is 31.7. The lowest BCUT2D eigenvalue weighted by Crippen LogP contribution is -2.66. The molecule has 0 saturated heterocycles. The number of nitrogens with zero attached hydrogens (tertiary/aromatic N) is 2. The lowest BCUT2D eigenvalue weighted by molar-refractivity contribution is -0.153. The Hall–Kier alpha value is -6.35. The molecule has 4 amide bonds. The van der Waals surface area contributed by atoms with Crippen LogP contribution in [0, 0.1) is 17.8 Å². The SMILES string of the molecule is CCCC(N)C(=O)C1(C=O)C(C(=O)C(O)C(C)CC)C=CN1C(=O)C(N)CCCNC(=O)C(Cc1c[nH]c2ccc(O)cc12)NC(=O)C=Cc1coc(C(C)NC(=O)C(=O)C(N)CC(C)C)n1. The van der Waals surface area contributed by atoms with Crippen LogP contribution in [0.25, 0.3) is 17.0 Å². The number of nitrogens with one attached hydrogen (secondary N) is 4. The first kappa shape index (κ1) is 53.3. The average molecular weight is 932 g/mol. The monoisotopic (exact) mass is 931 g/mol. The number of Topliss-reactive ketones (excluding diaryl/α,β-unsaturated/α-hetero) is 3. The van der Waals surface area contributed by atoms with Crippen molar-refractivity contribution in [1.29, 1.82) is 0 Å². The van der Waals surface area contributed by atoms with Crippen LogP contribution in [0.5, 0.6) is 5.75 Å². The number of aliphatic hydroxyl groups excluding tert-OH is 1. The fraction of sp³-hybridized carbons (Fsp3) is 0.511. The molecule has 0 radical (unpaired) electrons. The van der Waals surface area contributed by atoms with E-state index in [-0.39, 0.29) is 61.8 Å². The number of nitrogens with two attached hydrogens (primary N) is 3. The zero-order valence-corrected chi connectivity index (χ0v) is 38.8. The van der Waals surface area contributed by atoms with Gasteiger partial charge in [-0.15, -0.1) is 0 Å². The number of rotatable bonds is 26. The van der Waals surface area contributed by atoms with E-state index in [0.29, 0.717) is 35.7 Å². The number of carbonyl (C=O) groups is 8. The summed E-state index contributed by atoms with van der Waals surface area (Å²) in [5.74, 6) is -7.31.